The molecule has 1 saturated heterocycles. The van der Waals surface area contributed by atoms with E-state index in [1.807, 2.05) is 0 Å². The Kier molecular flexibility index (Phi) is 4.10. The molecule has 144 valence electrons. The van der Waals surface area contributed by atoms with Crippen LogP contribution in [0.1, 0.15) is 12.1 Å². The SMILES string of the molecule is Nc1ncc(-c2cc3n(n2)CCO[C@@]32CCN(C(=O)O)C2)cc1OC(F)F. The monoisotopic (exact) mass is 381 g/mol. The number of alkyl halides is 2. The second-order valence-corrected chi connectivity index (χ2v) is 6.42. The Morgan fingerprint density at radius 1 is 1.41 bits per heavy atom. The molecule has 0 aromatic carbocycles. The molecule has 9 nitrogen and oxygen atoms in total. The van der Waals surface area contributed by atoms with E-state index in [4.69, 9.17) is 10.5 Å². The molecule has 0 unspecified atom stereocenters. The van der Waals surface area contributed by atoms with Gasteiger partial charge in [0.15, 0.2) is 11.6 Å². The van der Waals surface area contributed by atoms with Gasteiger partial charge in [0.1, 0.15) is 5.60 Å². The number of nitrogens with zero attached hydrogens (tertiary/aromatic N) is 4. The van der Waals surface area contributed by atoms with Gasteiger partial charge >= 0.3 is 12.7 Å². The molecule has 1 fully saturated rings. The van der Waals surface area contributed by atoms with Crippen LogP contribution in [0.2, 0.25) is 0 Å². The van der Waals surface area contributed by atoms with Gasteiger partial charge in [-0.25, -0.2) is 9.78 Å². The number of fused-ring (bicyclic) bond motifs is 2. The summed E-state index contributed by atoms with van der Waals surface area (Å²) in [6.07, 6.45) is 0.946. The number of hydrogen-bond acceptors (Lipinski definition) is 6. The largest absolute Gasteiger partial charge is 0.465 e. The molecule has 0 aliphatic carbocycles. The first-order chi connectivity index (χ1) is 12.9. The third-order valence-electron chi connectivity index (χ3n) is 4.82. The molecule has 4 heterocycles. The highest BCUT2D eigenvalue weighted by Gasteiger charge is 2.46. The van der Waals surface area contributed by atoms with Crippen LogP contribution in [0.3, 0.4) is 0 Å². The molecule has 0 radical (unpaired) electrons. The van der Waals surface area contributed by atoms with Gasteiger partial charge in [0.25, 0.3) is 0 Å². The predicted molar refractivity (Wildman–Crippen MR) is 88.3 cm³/mol. The lowest BCUT2D eigenvalue weighted by atomic mass is 9.96. The van der Waals surface area contributed by atoms with E-state index in [0.717, 1.165) is 5.69 Å². The highest BCUT2D eigenvalue weighted by molar-refractivity contribution is 5.66. The van der Waals surface area contributed by atoms with E-state index in [1.54, 1.807) is 10.7 Å². The summed E-state index contributed by atoms with van der Waals surface area (Å²) in [5.74, 6) is -0.368. The number of hydrogen-bond donors (Lipinski definition) is 2. The highest BCUT2D eigenvalue weighted by atomic mass is 19.3. The third kappa shape index (κ3) is 3.03. The maximum absolute atomic E-state index is 12.5. The van der Waals surface area contributed by atoms with Crippen LogP contribution >= 0.6 is 0 Å². The third-order valence-corrected chi connectivity index (χ3v) is 4.82. The van der Waals surface area contributed by atoms with Crippen molar-refractivity contribution in [3.05, 3.63) is 24.0 Å². The van der Waals surface area contributed by atoms with Gasteiger partial charge in [-0.1, -0.05) is 0 Å². The number of halogens is 2. The Morgan fingerprint density at radius 2 is 2.22 bits per heavy atom. The topological polar surface area (TPSA) is 116 Å². The van der Waals surface area contributed by atoms with Crippen molar-refractivity contribution >= 4 is 11.9 Å². The Morgan fingerprint density at radius 3 is 2.93 bits per heavy atom. The number of amides is 1. The number of aromatic nitrogens is 3. The molecule has 2 aromatic heterocycles. The zero-order chi connectivity index (χ0) is 19.2. The number of ether oxygens (including phenoxy) is 2. The zero-order valence-corrected chi connectivity index (χ0v) is 14.1. The fourth-order valence-electron chi connectivity index (χ4n) is 3.55. The maximum atomic E-state index is 12.5. The van der Waals surface area contributed by atoms with Gasteiger partial charge < -0.3 is 25.2 Å². The fourth-order valence-corrected chi connectivity index (χ4v) is 3.55. The summed E-state index contributed by atoms with van der Waals surface area (Å²) >= 11 is 0. The predicted octanol–water partition coefficient (Wildman–Crippen LogP) is 1.74. The number of likely N-dealkylation sites (tertiary alicyclic amines) is 1. The Labute approximate surface area is 152 Å². The van der Waals surface area contributed by atoms with E-state index >= 15 is 0 Å². The molecule has 1 atom stereocenters. The molecule has 4 rings (SSSR count). The Bertz CT molecular complexity index is 890. The molecule has 2 aliphatic rings. The lowest BCUT2D eigenvalue weighted by Crippen LogP contribution is -2.41. The van der Waals surface area contributed by atoms with E-state index < -0.39 is 18.3 Å². The van der Waals surface area contributed by atoms with Crippen LogP contribution in [0, 0.1) is 0 Å². The fraction of sp³-hybridized carbons (Fsp3) is 0.438. The van der Waals surface area contributed by atoms with Crippen LogP contribution in [0.4, 0.5) is 19.4 Å². The van der Waals surface area contributed by atoms with Gasteiger partial charge in [0, 0.05) is 24.7 Å². The molecular formula is C16H17F2N5O4. The van der Waals surface area contributed by atoms with Gasteiger partial charge in [0.2, 0.25) is 0 Å². The first-order valence-electron chi connectivity index (χ1n) is 8.29. The molecule has 1 amide bonds. The van der Waals surface area contributed by atoms with Crippen molar-refractivity contribution in [2.24, 2.45) is 0 Å². The van der Waals surface area contributed by atoms with E-state index in [1.165, 1.54) is 17.2 Å². The summed E-state index contributed by atoms with van der Waals surface area (Å²) in [4.78, 5) is 16.5. The zero-order valence-electron chi connectivity index (χ0n) is 14.1. The molecule has 2 aliphatic heterocycles. The molecule has 0 bridgehead atoms. The van der Waals surface area contributed by atoms with Crippen molar-refractivity contribution in [1.82, 2.24) is 19.7 Å². The van der Waals surface area contributed by atoms with Crippen LogP contribution in [0.5, 0.6) is 5.75 Å². The molecule has 0 saturated carbocycles. The summed E-state index contributed by atoms with van der Waals surface area (Å²) in [7, 11) is 0. The average Bonchev–Trinajstić information content (AvgIpc) is 3.23. The van der Waals surface area contributed by atoms with Crippen molar-refractivity contribution in [1.29, 1.82) is 0 Å². The smallest absolute Gasteiger partial charge is 0.407 e. The highest BCUT2D eigenvalue weighted by Crippen LogP contribution is 2.40. The minimum atomic E-state index is -3.02. The number of nitrogens with two attached hydrogens (primary N) is 1. The number of rotatable bonds is 3. The van der Waals surface area contributed by atoms with Gasteiger partial charge in [0.05, 0.1) is 31.1 Å². The molecule has 3 N–H and O–H groups in total. The second kappa shape index (κ2) is 6.34. The van der Waals surface area contributed by atoms with Crippen LogP contribution in [0.15, 0.2) is 18.3 Å². The first-order valence-corrected chi connectivity index (χ1v) is 8.29. The number of nitrogen functional groups attached to an aromatic ring is 1. The molecule has 2 aromatic rings. The van der Waals surface area contributed by atoms with Crippen LogP contribution in [-0.2, 0) is 16.9 Å². The minimum Gasteiger partial charge on any atom is -0.465 e. The van der Waals surface area contributed by atoms with Crippen LogP contribution in [0.25, 0.3) is 11.3 Å². The van der Waals surface area contributed by atoms with Gasteiger partial charge in [-0.15, -0.1) is 0 Å². The first kappa shape index (κ1) is 17.5. The quantitative estimate of drug-likeness (QED) is 0.832. The van der Waals surface area contributed by atoms with Crippen LogP contribution < -0.4 is 10.5 Å². The summed E-state index contributed by atoms with van der Waals surface area (Å²) < 4.78 is 37.2. The normalized spacial score (nSPS) is 21.7. The summed E-state index contributed by atoms with van der Waals surface area (Å²) in [5, 5.41) is 13.7. The van der Waals surface area contributed by atoms with Crippen molar-refractivity contribution < 1.29 is 28.2 Å². The van der Waals surface area contributed by atoms with Gasteiger partial charge in [-0.3, -0.25) is 4.68 Å². The summed E-state index contributed by atoms with van der Waals surface area (Å²) in [6, 6.07) is 3.12. The van der Waals surface area contributed by atoms with Gasteiger partial charge in [-0.05, 0) is 12.1 Å². The maximum Gasteiger partial charge on any atom is 0.407 e. The van der Waals surface area contributed by atoms with E-state index in [9.17, 15) is 18.7 Å². The molecule has 11 heteroatoms. The van der Waals surface area contributed by atoms with Crippen molar-refractivity contribution in [2.45, 2.75) is 25.2 Å². The second-order valence-electron chi connectivity index (χ2n) is 6.42. The summed E-state index contributed by atoms with van der Waals surface area (Å²) in [6.45, 7) is -1.52. The lowest BCUT2D eigenvalue weighted by Gasteiger charge is -2.33. The number of pyridine rings is 1. The number of anilines is 1. The Hall–Kier alpha value is -2.95. The van der Waals surface area contributed by atoms with E-state index in [-0.39, 0.29) is 18.1 Å². The number of carboxylic acid groups (broad SMARTS) is 1. The van der Waals surface area contributed by atoms with Gasteiger partial charge in [-0.2, -0.15) is 13.9 Å². The molecular weight excluding hydrogens is 364 g/mol. The Balaban J connectivity index is 1.69. The average molecular weight is 381 g/mol. The van der Waals surface area contributed by atoms with Crippen molar-refractivity contribution in [2.75, 3.05) is 25.4 Å². The number of carbonyl (C=O) groups is 1. The van der Waals surface area contributed by atoms with Crippen LogP contribution in [-0.4, -0.2) is 57.2 Å². The lowest BCUT2D eigenvalue weighted by molar-refractivity contribution is -0.0709. The minimum absolute atomic E-state index is 0.143. The molecule has 27 heavy (non-hydrogen) atoms. The van der Waals surface area contributed by atoms with Crippen molar-refractivity contribution in [3.8, 4) is 17.0 Å². The standard InChI is InChI=1S/C16H17F2N5O4/c17-14(18)27-11-5-9(7-20-13(11)19)10-6-12-16(26-4-3-23(12)21-10)1-2-22(8-16)15(24)25/h5-7,14H,1-4,8H2,(H2,19,20)(H,24,25)/t16-/m1/s1. The summed E-state index contributed by atoms with van der Waals surface area (Å²) in [5.41, 5.74) is 6.53. The van der Waals surface area contributed by atoms with E-state index in [0.29, 0.717) is 37.4 Å². The molecule has 1 spiro atoms. The van der Waals surface area contributed by atoms with Crippen molar-refractivity contribution in [3.63, 3.8) is 0 Å². The van der Waals surface area contributed by atoms with E-state index in [2.05, 4.69) is 14.8 Å².